The van der Waals surface area contributed by atoms with Gasteiger partial charge < -0.3 is 19.4 Å². The van der Waals surface area contributed by atoms with Crippen LogP contribution in [0.3, 0.4) is 0 Å². The monoisotopic (exact) mass is 338 g/mol. The lowest BCUT2D eigenvalue weighted by atomic mass is 10.2. The number of hydrogen-bond donors (Lipinski definition) is 1. The highest BCUT2D eigenvalue weighted by atomic mass is 16.5. The minimum atomic E-state index is -0.230. The van der Waals surface area contributed by atoms with Crippen molar-refractivity contribution in [2.45, 2.75) is 6.42 Å². The molecule has 1 aliphatic rings. The van der Waals surface area contributed by atoms with Crippen LogP contribution in [0, 0.1) is 0 Å². The van der Waals surface area contributed by atoms with Crippen LogP contribution < -0.4 is 14.8 Å². The van der Waals surface area contributed by atoms with Gasteiger partial charge in [0, 0.05) is 37.6 Å². The van der Waals surface area contributed by atoms with Crippen molar-refractivity contribution in [3.05, 3.63) is 54.5 Å². The zero-order valence-electron chi connectivity index (χ0n) is 13.8. The Labute approximate surface area is 144 Å². The molecular formula is C18H18N4O3. The molecule has 25 heavy (non-hydrogen) atoms. The third-order valence-corrected chi connectivity index (χ3v) is 4.01. The second kappa shape index (κ2) is 6.35. The summed E-state index contributed by atoms with van der Waals surface area (Å²) in [6.45, 7) is 1.24. The van der Waals surface area contributed by atoms with E-state index < -0.39 is 0 Å². The summed E-state index contributed by atoms with van der Waals surface area (Å²) < 4.78 is 14.8. The topological polar surface area (TPSA) is 70.3 Å². The van der Waals surface area contributed by atoms with Gasteiger partial charge in [-0.25, -0.2) is 0 Å². The Kier molecular flexibility index (Phi) is 3.89. The van der Waals surface area contributed by atoms with E-state index in [0.717, 1.165) is 6.42 Å². The van der Waals surface area contributed by atoms with E-state index in [1.54, 1.807) is 30.1 Å². The number of carbonyl (C=O) groups is 1. The smallest absolute Gasteiger partial charge is 0.261 e. The van der Waals surface area contributed by atoms with Crippen LogP contribution in [0.5, 0.6) is 11.5 Å². The summed E-state index contributed by atoms with van der Waals surface area (Å²) in [5.41, 5.74) is 1.14. The summed E-state index contributed by atoms with van der Waals surface area (Å²) in [6.07, 6.45) is 6.16. The van der Waals surface area contributed by atoms with Crippen LogP contribution in [0.4, 0.5) is 5.69 Å². The largest absolute Gasteiger partial charge is 0.490 e. The molecule has 3 aromatic rings. The average molecular weight is 338 g/mol. The van der Waals surface area contributed by atoms with Gasteiger partial charge in [0.2, 0.25) is 0 Å². The van der Waals surface area contributed by atoms with E-state index in [1.165, 1.54) is 0 Å². The van der Waals surface area contributed by atoms with Crippen molar-refractivity contribution in [3.63, 3.8) is 0 Å². The summed E-state index contributed by atoms with van der Waals surface area (Å²) in [4.78, 5) is 12.7. The minimum absolute atomic E-state index is 0.230. The maximum absolute atomic E-state index is 12.7. The summed E-state index contributed by atoms with van der Waals surface area (Å²) in [7, 11) is 1.81. The molecule has 1 N–H and O–H groups in total. The predicted molar refractivity (Wildman–Crippen MR) is 92.5 cm³/mol. The van der Waals surface area contributed by atoms with Gasteiger partial charge >= 0.3 is 0 Å². The van der Waals surface area contributed by atoms with Crippen molar-refractivity contribution >= 4 is 11.6 Å². The van der Waals surface area contributed by atoms with Crippen molar-refractivity contribution in [2.75, 3.05) is 18.5 Å². The Morgan fingerprint density at radius 3 is 2.72 bits per heavy atom. The quantitative estimate of drug-likeness (QED) is 0.797. The van der Waals surface area contributed by atoms with Crippen LogP contribution in [0.1, 0.15) is 16.8 Å². The number of benzene rings is 1. The van der Waals surface area contributed by atoms with Gasteiger partial charge in [-0.2, -0.15) is 5.10 Å². The number of ether oxygens (including phenoxy) is 2. The molecule has 0 atom stereocenters. The van der Waals surface area contributed by atoms with Crippen molar-refractivity contribution in [2.24, 2.45) is 7.05 Å². The third-order valence-electron chi connectivity index (χ3n) is 4.01. The van der Waals surface area contributed by atoms with Crippen molar-refractivity contribution in [3.8, 4) is 17.3 Å². The number of carbonyl (C=O) groups excluding carboxylic acids is 1. The fraction of sp³-hybridized carbons (Fsp3) is 0.222. The summed E-state index contributed by atoms with van der Waals surface area (Å²) in [6, 6.07) is 9.20. The van der Waals surface area contributed by atoms with Crippen LogP contribution in [-0.4, -0.2) is 33.5 Å². The number of fused-ring (bicyclic) bond motifs is 1. The van der Waals surface area contributed by atoms with Crippen molar-refractivity contribution < 1.29 is 14.3 Å². The van der Waals surface area contributed by atoms with Crippen LogP contribution in [-0.2, 0) is 7.05 Å². The molecule has 0 bridgehead atoms. The lowest BCUT2D eigenvalue weighted by Gasteiger charge is -2.11. The highest BCUT2D eigenvalue weighted by Gasteiger charge is 2.18. The Morgan fingerprint density at radius 1 is 1.16 bits per heavy atom. The maximum atomic E-state index is 12.7. The molecule has 7 nitrogen and oxygen atoms in total. The fourth-order valence-electron chi connectivity index (χ4n) is 2.81. The average Bonchev–Trinajstić information content (AvgIpc) is 3.19. The molecule has 0 fully saturated rings. The number of hydrogen-bond acceptors (Lipinski definition) is 4. The van der Waals surface area contributed by atoms with Gasteiger partial charge in [-0.05, 0) is 24.3 Å². The van der Waals surface area contributed by atoms with Gasteiger partial charge in [-0.15, -0.1) is 0 Å². The summed E-state index contributed by atoms with van der Waals surface area (Å²) in [5.74, 6) is 1.82. The molecular weight excluding hydrogens is 320 g/mol. The molecule has 2 aromatic heterocycles. The molecule has 0 aliphatic carbocycles. The van der Waals surface area contributed by atoms with Gasteiger partial charge in [-0.3, -0.25) is 9.48 Å². The molecule has 3 heterocycles. The molecule has 1 aromatic carbocycles. The molecule has 0 saturated heterocycles. The number of nitrogens with zero attached hydrogens (tertiary/aromatic N) is 3. The zero-order chi connectivity index (χ0) is 17.2. The first-order valence-corrected chi connectivity index (χ1v) is 8.09. The molecule has 0 spiro atoms. The van der Waals surface area contributed by atoms with E-state index in [0.29, 0.717) is 41.8 Å². The normalized spacial score (nSPS) is 13.3. The molecule has 0 saturated carbocycles. The molecule has 4 rings (SSSR count). The molecule has 0 unspecified atom stereocenters. The fourth-order valence-corrected chi connectivity index (χ4v) is 2.81. The van der Waals surface area contributed by atoms with E-state index >= 15 is 0 Å². The van der Waals surface area contributed by atoms with Crippen LogP contribution in [0.15, 0.2) is 48.9 Å². The van der Waals surface area contributed by atoms with Gasteiger partial charge in [0.15, 0.2) is 11.5 Å². The van der Waals surface area contributed by atoms with E-state index in [4.69, 9.17) is 9.47 Å². The van der Waals surface area contributed by atoms with E-state index in [1.807, 2.05) is 35.2 Å². The van der Waals surface area contributed by atoms with Gasteiger partial charge in [0.05, 0.1) is 19.4 Å². The molecule has 128 valence electrons. The Balaban J connectivity index is 1.60. The predicted octanol–water partition coefficient (Wildman–Crippen LogP) is 2.62. The number of aryl methyl sites for hydroxylation is 1. The lowest BCUT2D eigenvalue weighted by Crippen LogP contribution is -2.15. The summed E-state index contributed by atoms with van der Waals surface area (Å²) in [5, 5.41) is 7.11. The van der Waals surface area contributed by atoms with Crippen molar-refractivity contribution in [1.82, 2.24) is 14.3 Å². The first-order chi connectivity index (χ1) is 12.2. The molecule has 1 amide bonds. The first-order valence-electron chi connectivity index (χ1n) is 8.09. The lowest BCUT2D eigenvalue weighted by molar-refractivity contribution is 0.102. The van der Waals surface area contributed by atoms with Crippen molar-refractivity contribution in [1.29, 1.82) is 0 Å². The highest BCUT2D eigenvalue weighted by molar-refractivity contribution is 6.06. The van der Waals surface area contributed by atoms with Crippen LogP contribution >= 0.6 is 0 Å². The minimum Gasteiger partial charge on any atom is -0.490 e. The zero-order valence-corrected chi connectivity index (χ0v) is 13.8. The van der Waals surface area contributed by atoms with E-state index in [9.17, 15) is 4.79 Å². The number of rotatable bonds is 3. The number of amides is 1. The maximum Gasteiger partial charge on any atom is 0.261 e. The van der Waals surface area contributed by atoms with Gasteiger partial charge in [0.1, 0.15) is 11.4 Å². The third kappa shape index (κ3) is 2.96. The second-order valence-electron chi connectivity index (χ2n) is 5.76. The Bertz CT molecular complexity index is 899. The van der Waals surface area contributed by atoms with Crippen LogP contribution in [0.25, 0.3) is 5.82 Å². The van der Waals surface area contributed by atoms with Crippen LogP contribution in [0.2, 0.25) is 0 Å². The molecule has 7 heteroatoms. The first kappa shape index (κ1) is 15.3. The second-order valence-corrected chi connectivity index (χ2v) is 5.76. The van der Waals surface area contributed by atoms with Gasteiger partial charge in [-0.1, -0.05) is 0 Å². The number of nitrogens with one attached hydrogen (secondary N) is 1. The van der Waals surface area contributed by atoms with E-state index in [-0.39, 0.29) is 5.91 Å². The summed E-state index contributed by atoms with van der Waals surface area (Å²) >= 11 is 0. The number of aromatic nitrogens is 3. The SMILES string of the molecule is Cn1ncc(C(=O)Nc2ccc3c(c2)OCCCO3)c1-n1cccc1. The Morgan fingerprint density at radius 2 is 1.92 bits per heavy atom. The van der Waals surface area contributed by atoms with Gasteiger partial charge in [0.25, 0.3) is 5.91 Å². The molecule has 1 aliphatic heterocycles. The Hall–Kier alpha value is -3.22. The molecule has 0 radical (unpaired) electrons. The van der Waals surface area contributed by atoms with E-state index in [2.05, 4.69) is 10.4 Å². The standard InChI is InChI=1S/C18H18N4O3/c1-21-18(22-7-2-3-8-22)14(12-19-21)17(23)20-13-5-6-15-16(11-13)25-10-4-9-24-15/h2-3,5-8,11-12H,4,9-10H2,1H3,(H,20,23). The number of anilines is 1. The highest BCUT2D eigenvalue weighted by Crippen LogP contribution is 2.32.